The van der Waals surface area contributed by atoms with E-state index in [1.54, 1.807) is 0 Å². The Morgan fingerprint density at radius 2 is 1.81 bits per heavy atom. The number of hydrogen-bond donors (Lipinski definition) is 1. The molecule has 0 aromatic heterocycles. The Morgan fingerprint density at radius 1 is 1.12 bits per heavy atom. The molecule has 0 saturated heterocycles. The van der Waals surface area contributed by atoms with Crippen LogP contribution in [0.1, 0.15) is 71.1 Å². The highest BCUT2D eigenvalue weighted by molar-refractivity contribution is 6.22. The number of carbonyl (C=O) groups excluding carboxylic acids is 4. The molecule has 1 N–H and O–H groups in total. The molecule has 1 atom stereocenters. The number of esters is 1. The number of imide groups is 1. The van der Waals surface area contributed by atoms with E-state index in [1.165, 1.54) is 30.0 Å². The van der Waals surface area contributed by atoms with Gasteiger partial charge < -0.3 is 10.1 Å². The molecule has 2 rings (SSSR count). The van der Waals surface area contributed by atoms with E-state index in [4.69, 9.17) is 4.74 Å². The normalized spacial score (nSPS) is 14.2. The maximum atomic E-state index is 12.4. The quantitative estimate of drug-likeness (QED) is 0.566. The van der Waals surface area contributed by atoms with Crippen LogP contribution in [0.2, 0.25) is 0 Å². The SMILES string of the molecule is CCCCN1C(=O)c2ccc(C(=O)O[C@H](C)C(=O)NCCC)cc2C1=O. The molecule has 140 valence electrons. The van der Waals surface area contributed by atoms with Crippen molar-refractivity contribution < 1.29 is 23.9 Å². The van der Waals surface area contributed by atoms with Gasteiger partial charge >= 0.3 is 5.97 Å². The summed E-state index contributed by atoms with van der Waals surface area (Å²) in [7, 11) is 0. The van der Waals surface area contributed by atoms with Crippen molar-refractivity contribution in [1.82, 2.24) is 10.2 Å². The van der Waals surface area contributed by atoms with Crippen LogP contribution in [-0.2, 0) is 9.53 Å². The van der Waals surface area contributed by atoms with E-state index in [2.05, 4.69) is 5.32 Å². The number of rotatable bonds is 8. The summed E-state index contributed by atoms with van der Waals surface area (Å²) >= 11 is 0. The fraction of sp³-hybridized carbons (Fsp3) is 0.474. The third-order valence-electron chi connectivity index (χ3n) is 4.14. The first-order valence-corrected chi connectivity index (χ1v) is 8.89. The second-order valence-corrected chi connectivity index (χ2v) is 6.21. The molecule has 3 amide bonds. The van der Waals surface area contributed by atoms with Crippen molar-refractivity contribution in [2.45, 2.75) is 46.1 Å². The molecule has 1 aliphatic heterocycles. The molecule has 0 aliphatic carbocycles. The maximum Gasteiger partial charge on any atom is 0.338 e. The lowest BCUT2D eigenvalue weighted by Gasteiger charge is -2.13. The molecule has 0 fully saturated rings. The van der Waals surface area contributed by atoms with Gasteiger partial charge in [-0.15, -0.1) is 0 Å². The predicted molar refractivity (Wildman–Crippen MR) is 94.9 cm³/mol. The first-order chi connectivity index (χ1) is 12.4. The fourth-order valence-corrected chi connectivity index (χ4v) is 2.61. The van der Waals surface area contributed by atoms with E-state index in [1.807, 2.05) is 13.8 Å². The molecule has 0 bridgehead atoms. The molecule has 0 spiro atoms. The highest BCUT2D eigenvalue weighted by atomic mass is 16.5. The molecule has 26 heavy (non-hydrogen) atoms. The van der Waals surface area contributed by atoms with Gasteiger partial charge in [-0.25, -0.2) is 4.79 Å². The molecule has 1 aliphatic rings. The third-order valence-corrected chi connectivity index (χ3v) is 4.14. The van der Waals surface area contributed by atoms with Gasteiger partial charge in [-0.05, 0) is 38.0 Å². The Bertz CT molecular complexity index is 729. The number of nitrogens with zero attached hydrogens (tertiary/aromatic N) is 1. The zero-order valence-corrected chi connectivity index (χ0v) is 15.3. The first kappa shape index (κ1) is 19.6. The Balaban J connectivity index is 2.11. The molecule has 0 radical (unpaired) electrons. The van der Waals surface area contributed by atoms with Crippen molar-refractivity contribution in [2.24, 2.45) is 0 Å². The first-order valence-electron chi connectivity index (χ1n) is 8.89. The highest BCUT2D eigenvalue weighted by Gasteiger charge is 2.35. The lowest BCUT2D eigenvalue weighted by molar-refractivity contribution is -0.129. The standard InChI is InChI=1S/C19H24N2O5/c1-4-6-10-21-17(23)14-8-7-13(11-15(14)18(21)24)19(25)26-12(3)16(22)20-9-5-2/h7-8,11-12H,4-6,9-10H2,1-3H3,(H,20,22)/t12-/m1/s1. The second-order valence-electron chi connectivity index (χ2n) is 6.21. The van der Waals surface area contributed by atoms with Crippen molar-refractivity contribution >= 4 is 23.7 Å². The number of unbranched alkanes of at least 4 members (excludes halogenated alkanes) is 1. The Morgan fingerprint density at radius 3 is 2.46 bits per heavy atom. The molecular formula is C19H24N2O5. The fourth-order valence-electron chi connectivity index (χ4n) is 2.61. The van der Waals surface area contributed by atoms with Crippen molar-refractivity contribution in [3.05, 3.63) is 34.9 Å². The molecule has 0 saturated carbocycles. The van der Waals surface area contributed by atoms with Gasteiger partial charge in [0, 0.05) is 13.1 Å². The molecular weight excluding hydrogens is 336 g/mol. The average Bonchev–Trinajstić information content (AvgIpc) is 2.87. The van der Waals surface area contributed by atoms with Crippen LogP contribution in [0.15, 0.2) is 18.2 Å². The van der Waals surface area contributed by atoms with E-state index in [-0.39, 0.29) is 28.5 Å². The summed E-state index contributed by atoms with van der Waals surface area (Å²) in [5.41, 5.74) is 0.623. The molecule has 7 heteroatoms. The largest absolute Gasteiger partial charge is 0.449 e. The monoisotopic (exact) mass is 360 g/mol. The van der Waals surface area contributed by atoms with E-state index >= 15 is 0 Å². The zero-order chi connectivity index (χ0) is 19.3. The summed E-state index contributed by atoms with van der Waals surface area (Å²) in [6.07, 6.45) is 1.43. The Labute approximate surface area is 152 Å². The molecule has 1 heterocycles. The van der Waals surface area contributed by atoms with Crippen LogP contribution in [0.5, 0.6) is 0 Å². The molecule has 7 nitrogen and oxygen atoms in total. The lowest BCUT2D eigenvalue weighted by Crippen LogP contribution is -2.36. The van der Waals surface area contributed by atoms with Gasteiger partial charge in [0.15, 0.2) is 6.10 Å². The molecule has 1 aromatic rings. The number of carbonyl (C=O) groups is 4. The lowest BCUT2D eigenvalue weighted by atomic mass is 10.1. The predicted octanol–water partition coefficient (Wildman–Crippen LogP) is 2.15. The van der Waals surface area contributed by atoms with Crippen LogP contribution in [0.3, 0.4) is 0 Å². The van der Waals surface area contributed by atoms with E-state index in [0.29, 0.717) is 13.1 Å². The summed E-state index contributed by atoms with van der Waals surface area (Å²) in [6.45, 7) is 6.24. The van der Waals surface area contributed by atoms with Crippen molar-refractivity contribution in [3.63, 3.8) is 0 Å². The van der Waals surface area contributed by atoms with Crippen LogP contribution >= 0.6 is 0 Å². The second kappa shape index (κ2) is 8.60. The number of amides is 3. The Kier molecular flexibility index (Phi) is 6.49. The number of ether oxygens (including phenoxy) is 1. The van der Waals surface area contributed by atoms with E-state index < -0.39 is 18.0 Å². The van der Waals surface area contributed by atoms with Gasteiger partial charge in [0.2, 0.25) is 0 Å². The van der Waals surface area contributed by atoms with Crippen LogP contribution in [0.4, 0.5) is 0 Å². The maximum absolute atomic E-state index is 12.4. The van der Waals surface area contributed by atoms with Crippen molar-refractivity contribution in [2.75, 3.05) is 13.1 Å². The van der Waals surface area contributed by atoms with Crippen molar-refractivity contribution in [3.8, 4) is 0 Å². The summed E-state index contributed by atoms with van der Waals surface area (Å²) in [6, 6.07) is 4.26. The van der Waals surface area contributed by atoms with Gasteiger partial charge in [-0.2, -0.15) is 0 Å². The van der Waals surface area contributed by atoms with Gasteiger partial charge in [-0.3, -0.25) is 19.3 Å². The van der Waals surface area contributed by atoms with Crippen LogP contribution < -0.4 is 5.32 Å². The highest BCUT2D eigenvalue weighted by Crippen LogP contribution is 2.24. The number of nitrogens with one attached hydrogen (secondary N) is 1. The number of fused-ring (bicyclic) bond motifs is 1. The van der Waals surface area contributed by atoms with Crippen molar-refractivity contribution in [1.29, 1.82) is 0 Å². The van der Waals surface area contributed by atoms with Crippen LogP contribution in [0.25, 0.3) is 0 Å². The minimum absolute atomic E-state index is 0.136. The van der Waals surface area contributed by atoms with E-state index in [0.717, 1.165) is 19.3 Å². The summed E-state index contributed by atoms with van der Waals surface area (Å²) in [5.74, 6) is -1.83. The van der Waals surface area contributed by atoms with Crippen LogP contribution in [0, 0.1) is 0 Å². The van der Waals surface area contributed by atoms with Gasteiger partial charge in [0.05, 0.1) is 16.7 Å². The third kappa shape index (κ3) is 4.09. The minimum Gasteiger partial charge on any atom is -0.449 e. The van der Waals surface area contributed by atoms with E-state index in [9.17, 15) is 19.2 Å². The summed E-state index contributed by atoms with van der Waals surface area (Å²) in [5, 5.41) is 2.65. The van der Waals surface area contributed by atoms with Gasteiger partial charge in [0.1, 0.15) is 0 Å². The van der Waals surface area contributed by atoms with Gasteiger partial charge in [-0.1, -0.05) is 20.3 Å². The number of benzene rings is 1. The van der Waals surface area contributed by atoms with Crippen LogP contribution in [-0.4, -0.2) is 47.8 Å². The summed E-state index contributed by atoms with van der Waals surface area (Å²) in [4.78, 5) is 50.0. The summed E-state index contributed by atoms with van der Waals surface area (Å²) < 4.78 is 5.15. The number of hydrogen-bond acceptors (Lipinski definition) is 5. The molecule has 0 unspecified atom stereocenters. The zero-order valence-electron chi connectivity index (χ0n) is 15.3. The average molecular weight is 360 g/mol. The minimum atomic E-state index is -0.944. The molecule has 1 aromatic carbocycles. The van der Waals surface area contributed by atoms with Gasteiger partial charge in [0.25, 0.3) is 17.7 Å². The smallest absolute Gasteiger partial charge is 0.338 e. The Hall–Kier alpha value is -2.70. The topological polar surface area (TPSA) is 92.8 Å².